The largest absolute Gasteiger partial charge is 0.491 e. The molecule has 0 aliphatic carbocycles. The predicted molar refractivity (Wildman–Crippen MR) is 84.9 cm³/mol. The van der Waals surface area contributed by atoms with Crippen molar-refractivity contribution in [1.29, 1.82) is 0 Å². The van der Waals surface area contributed by atoms with Crippen LogP contribution >= 0.6 is 0 Å². The molecular weight excluding hydrogens is 266 g/mol. The summed E-state index contributed by atoms with van der Waals surface area (Å²) in [7, 11) is -1.79. The van der Waals surface area contributed by atoms with Gasteiger partial charge in [0.05, 0.1) is 0 Å². The first-order valence-corrected chi connectivity index (χ1v) is 7.38. The molecule has 0 saturated heterocycles. The fraction of sp³-hybridized carbons (Fsp3) is 0.294. The average molecular weight is 286 g/mol. The number of unbranched alkanes of at least 4 members (excludes halogenated alkanes) is 2. The highest BCUT2D eigenvalue weighted by atomic mass is 19.1. The zero-order valence-electron chi connectivity index (χ0n) is 12.2. The molecule has 4 heteroatoms. The van der Waals surface area contributed by atoms with Gasteiger partial charge in [0, 0.05) is 11.0 Å². The minimum Gasteiger partial charge on any atom is -0.423 e. The van der Waals surface area contributed by atoms with E-state index in [4.69, 9.17) is 0 Å². The van der Waals surface area contributed by atoms with E-state index in [-0.39, 0.29) is 5.46 Å². The Kier molecular flexibility index (Phi) is 5.54. The summed E-state index contributed by atoms with van der Waals surface area (Å²) in [5.74, 6) is -0.560. The number of halogens is 1. The van der Waals surface area contributed by atoms with Crippen LogP contribution in [-0.4, -0.2) is 17.2 Å². The van der Waals surface area contributed by atoms with Gasteiger partial charge < -0.3 is 10.0 Å². The molecule has 0 bridgehead atoms. The standard InChI is InChI=1S/C17H20BFO2/c1-2-3-4-8-13-9-5-6-10-14(13)15-11-7-12-16(17(15)19)18(20)21/h5-7,9-12,20-21H,2-4,8H2,1H3. The number of rotatable bonds is 6. The second-order valence-corrected chi connectivity index (χ2v) is 5.20. The van der Waals surface area contributed by atoms with Crippen LogP contribution in [0, 0.1) is 5.82 Å². The molecule has 0 atom stereocenters. The minimum absolute atomic E-state index is 0.0872. The van der Waals surface area contributed by atoms with Crippen LogP contribution < -0.4 is 5.46 Å². The average Bonchev–Trinajstić information content (AvgIpc) is 2.48. The summed E-state index contributed by atoms with van der Waals surface area (Å²) in [5, 5.41) is 18.5. The maximum Gasteiger partial charge on any atom is 0.491 e. The second kappa shape index (κ2) is 7.39. The van der Waals surface area contributed by atoms with Crippen molar-refractivity contribution >= 4 is 12.6 Å². The van der Waals surface area contributed by atoms with Crippen LogP contribution in [0.15, 0.2) is 42.5 Å². The molecule has 0 unspecified atom stereocenters. The molecule has 0 radical (unpaired) electrons. The zero-order chi connectivity index (χ0) is 15.2. The molecule has 0 amide bonds. The third-order valence-corrected chi connectivity index (χ3v) is 3.66. The molecule has 0 aliphatic rings. The lowest BCUT2D eigenvalue weighted by molar-refractivity contribution is 0.423. The Labute approximate surface area is 125 Å². The van der Waals surface area contributed by atoms with E-state index in [1.807, 2.05) is 24.3 Å². The molecule has 0 fully saturated rings. The van der Waals surface area contributed by atoms with Crippen molar-refractivity contribution in [3.8, 4) is 11.1 Å². The Bertz CT molecular complexity index is 599. The lowest BCUT2D eigenvalue weighted by atomic mass is 9.78. The van der Waals surface area contributed by atoms with Crippen molar-refractivity contribution in [2.75, 3.05) is 0 Å². The van der Waals surface area contributed by atoms with Gasteiger partial charge in [0.2, 0.25) is 0 Å². The third-order valence-electron chi connectivity index (χ3n) is 3.66. The molecule has 2 N–H and O–H groups in total. The Morgan fingerprint density at radius 1 is 0.952 bits per heavy atom. The molecule has 2 rings (SSSR count). The van der Waals surface area contributed by atoms with Crippen LogP contribution in [0.3, 0.4) is 0 Å². The Hall–Kier alpha value is -1.65. The molecular formula is C17H20BFO2. The van der Waals surface area contributed by atoms with Gasteiger partial charge in [-0.15, -0.1) is 0 Å². The van der Waals surface area contributed by atoms with Crippen LogP contribution in [0.2, 0.25) is 0 Å². The lowest BCUT2D eigenvalue weighted by Gasteiger charge is -2.12. The van der Waals surface area contributed by atoms with E-state index in [1.165, 1.54) is 6.07 Å². The van der Waals surface area contributed by atoms with Gasteiger partial charge in [0.25, 0.3) is 0 Å². The van der Waals surface area contributed by atoms with Gasteiger partial charge in [0.15, 0.2) is 0 Å². The third kappa shape index (κ3) is 3.71. The molecule has 0 spiro atoms. The fourth-order valence-electron chi connectivity index (χ4n) is 2.52. The van der Waals surface area contributed by atoms with E-state index in [2.05, 4.69) is 6.92 Å². The first-order valence-electron chi connectivity index (χ1n) is 7.38. The summed E-state index contributed by atoms with van der Waals surface area (Å²) in [6, 6.07) is 12.4. The van der Waals surface area contributed by atoms with E-state index in [9.17, 15) is 14.4 Å². The molecule has 2 aromatic rings. The summed E-state index contributed by atoms with van der Waals surface area (Å²) in [6.45, 7) is 2.15. The van der Waals surface area contributed by atoms with Crippen LogP contribution in [0.25, 0.3) is 11.1 Å². The normalized spacial score (nSPS) is 10.7. The summed E-state index contributed by atoms with van der Waals surface area (Å²) >= 11 is 0. The van der Waals surface area contributed by atoms with Crippen molar-refractivity contribution in [2.45, 2.75) is 32.6 Å². The Balaban J connectivity index is 2.40. The monoisotopic (exact) mass is 286 g/mol. The number of hydrogen-bond donors (Lipinski definition) is 2. The fourth-order valence-corrected chi connectivity index (χ4v) is 2.52. The van der Waals surface area contributed by atoms with Gasteiger partial charge in [-0.3, -0.25) is 0 Å². The minimum atomic E-state index is -1.79. The summed E-state index contributed by atoms with van der Waals surface area (Å²) in [6.07, 6.45) is 4.25. The van der Waals surface area contributed by atoms with E-state index < -0.39 is 12.9 Å². The van der Waals surface area contributed by atoms with Gasteiger partial charge in [-0.1, -0.05) is 62.2 Å². The van der Waals surface area contributed by atoms with E-state index >= 15 is 0 Å². The van der Waals surface area contributed by atoms with Crippen molar-refractivity contribution in [3.63, 3.8) is 0 Å². The SMILES string of the molecule is CCCCCc1ccccc1-c1cccc(B(O)O)c1F. The highest BCUT2D eigenvalue weighted by molar-refractivity contribution is 6.58. The number of aryl methyl sites for hydroxylation is 1. The van der Waals surface area contributed by atoms with Gasteiger partial charge in [-0.2, -0.15) is 0 Å². The Morgan fingerprint density at radius 3 is 2.38 bits per heavy atom. The quantitative estimate of drug-likeness (QED) is 0.633. The van der Waals surface area contributed by atoms with Gasteiger partial charge in [-0.05, 0) is 24.0 Å². The smallest absolute Gasteiger partial charge is 0.423 e. The van der Waals surface area contributed by atoms with Crippen LogP contribution in [0.5, 0.6) is 0 Å². The van der Waals surface area contributed by atoms with Gasteiger partial charge in [0.1, 0.15) is 5.82 Å². The molecule has 2 aromatic carbocycles. The number of benzene rings is 2. The molecule has 0 heterocycles. The van der Waals surface area contributed by atoms with Crippen LogP contribution in [0.4, 0.5) is 4.39 Å². The summed E-state index contributed by atoms with van der Waals surface area (Å²) in [4.78, 5) is 0. The Morgan fingerprint density at radius 2 is 1.67 bits per heavy atom. The first kappa shape index (κ1) is 15.7. The molecule has 0 aromatic heterocycles. The first-order chi connectivity index (χ1) is 10.1. The van der Waals surface area contributed by atoms with Crippen molar-refractivity contribution in [2.24, 2.45) is 0 Å². The molecule has 2 nitrogen and oxygen atoms in total. The molecule has 110 valence electrons. The highest BCUT2D eigenvalue weighted by Gasteiger charge is 2.20. The lowest BCUT2D eigenvalue weighted by Crippen LogP contribution is -2.33. The van der Waals surface area contributed by atoms with Gasteiger partial charge in [-0.25, -0.2) is 4.39 Å². The van der Waals surface area contributed by atoms with Crippen molar-refractivity contribution < 1.29 is 14.4 Å². The van der Waals surface area contributed by atoms with Crippen LogP contribution in [0.1, 0.15) is 31.7 Å². The molecule has 21 heavy (non-hydrogen) atoms. The zero-order valence-corrected chi connectivity index (χ0v) is 12.2. The second-order valence-electron chi connectivity index (χ2n) is 5.20. The van der Waals surface area contributed by atoms with Crippen LogP contribution in [-0.2, 0) is 6.42 Å². The predicted octanol–water partition coefficient (Wildman–Crippen LogP) is 2.91. The highest BCUT2D eigenvalue weighted by Crippen LogP contribution is 2.27. The molecule has 0 aliphatic heterocycles. The summed E-state index contributed by atoms with van der Waals surface area (Å²) < 4.78 is 14.5. The number of hydrogen-bond acceptors (Lipinski definition) is 2. The van der Waals surface area contributed by atoms with E-state index in [1.54, 1.807) is 12.1 Å². The maximum atomic E-state index is 14.5. The molecule has 0 saturated carbocycles. The summed E-state index contributed by atoms with van der Waals surface area (Å²) in [5.41, 5.74) is 2.26. The van der Waals surface area contributed by atoms with E-state index in [0.717, 1.165) is 36.8 Å². The van der Waals surface area contributed by atoms with Crippen molar-refractivity contribution in [3.05, 3.63) is 53.8 Å². The topological polar surface area (TPSA) is 40.5 Å². The van der Waals surface area contributed by atoms with Crippen molar-refractivity contribution in [1.82, 2.24) is 0 Å². The van der Waals surface area contributed by atoms with Gasteiger partial charge >= 0.3 is 7.12 Å². The van der Waals surface area contributed by atoms with E-state index in [0.29, 0.717) is 5.56 Å². The maximum absolute atomic E-state index is 14.5.